The molecular formula is C53H39NO. The first-order valence-corrected chi connectivity index (χ1v) is 19.1. The Bertz CT molecular complexity index is 2920. The van der Waals surface area contributed by atoms with Gasteiger partial charge in [0.2, 0.25) is 0 Å². The third-order valence-electron chi connectivity index (χ3n) is 11.0. The van der Waals surface area contributed by atoms with Crippen molar-refractivity contribution in [2.24, 2.45) is 5.92 Å². The van der Waals surface area contributed by atoms with Crippen LogP contribution in [0.4, 0.5) is 17.1 Å². The zero-order valence-corrected chi connectivity index (χ0v) is 30.7. The number of hydrogen-bond donors (Lipinski definition) is 0. The van der Waals surface area contributed by atoms with E-state index in [1.165, 1.54) is 33.0 Å². The van der Waals surface area contributed by atoms with Crippen LogP contribution in [0.15, 0.2) is 205 Å². The number of anilines is 3. The largest absolute Gasteiger partial charge is 0.455 e. The molecule has 0 aliphatic heterocycles. The minimum absolute atomic E-state index is 0.528. The topological polar surface area (TPSA) is 16.4 Å². The Morgan fingerprint density at radius 2 is 1.09 bits per heavy atom. The minimum Gasteiger partial charge on any atom is -0.455 e. The summed E-state index contributed by atoms with van der Waals surface area (Å²) in [5.41, 5.74) is 14.6. The lowest BCUT2D eigenvalue weighted by atomic mass is 9.91. The highest BCUT2D eigenvalue weighted by Crippen LogP contribution is 2.47. The molecule has 1 unspecified atom stereocenters. The predicted molar refractivity (Wildman–Crippen MR) is 233 cm³/mol. The van der Waals surface area contributed by atoms with Gasteiger partial charge in [0.05, 0.1) is 11.4 Å². The summed E-state index contributed by atoms with van der Waals surface area (Å²) >= 11 is 0. The van der Waals surface area contributed by atoms with Crippen LogP contribution >= 0.6 is 0 Å². The second-order valence-electron chi connectivity index (χ2n) is 14.6. The molecule has 0 fully saturated rings. The van der Waals surface area contributed by atoms with Crippen molar-refractivity contribution in [3.63, 3.8) is 0 Å². The van der Waals surface area contributed by atoms with E-state index in [1.807, 2.05) is 6.07 Å². The zero-order valence-electron chi connectivity index (χ0n) is 30.7. The maximum absolute atomic E-state index is 6.62. The molecule has 9 aromatic rings. The molecule has 1 aliphatic carbocycles. The number of benzene rings is 8. The van der Waals surface area contributed by atoms with Gasteiger partial charge in [0.15, 0.2) is 0 Å². The fraction of sp³-hybridized carbons (Fsp3) is 0.0566. The number of fused-ring (bicyclic) bond motifs is 4. The van der Waals surface area contributed by atoms with Gasteiger partial charge in [-0.05, 0) is 87.3 Å². The lowest BCUT2D eigenvalue weighted by Crippen LogP contribution is -2.12. The number of allylic oxidation sites excluding steroid dienone is 4. The molecule has 8 aromatic carbocycles. The lowest BCUT2D eigenvalue weighted by Gasteiger charge is -2.30. The zero-order chi connectivity index (χ0) is 36.7. The normalized spacial score (nSPS) is 14.1. The monoisotopic (exact) mass is 705 g/mol. The smallest absolute Gasteiger partial charge is 0.143 e. The molecule has 55 heavy (non-hydrogen) atoms. The van der Waals surface area contributed by atoms with Crippen LogP contribution in [0.25, 0.3) is 71.7 Å². The van der Waals surface area contributed by atoms with Gasteiger partial charge in [-0.2, -0.15) is 0 Å². The van der Waals surface area contributed by atoms with E-state index < -0.39 is 0 Å². The van der Waals surface area contributed by atoms with E-state index in [2.05, 4.69) is 206 Å². The van der Waals surface area contributed by atoms with E-state index in [9.17, 15) is 0 Å². The van der Waals surface area contributed by atoms with Gasteiger partial charge in [-0.3, -0.25) is 0 Å². The van der Waals surface area contributed by atoms with Crippen molar-refractivity contribution in [2.75, 3.05) is 4.90 Å². The van der Waals surface area contributed by atoms with Crippen molar-refractivity contribution in [3.8, 4) is 33.4 Å². The molecule has 1 aromatic heterocycles. The molecule has 0 spiro atoms. The van der Waals surface area contributed by atoms with Crippen LogP contribution in [0.2, 0.25) is 0 Å². The Morgan fingerprint density at radius 1 is 0.491 bits per heavy atom. The van der Waals surface area contributed by atoms with Gasteiger partial charge in [-0.15, -0.1) is 0 Å². The summed E-state index contributed by atoms with van der Waals surface area (Å²) in [6.45, 7) is 2.28. The van der Waals surface area contributed by atoms with Crippen LogP contribution in [0.1, 0.15) is 18.9 Å². The molecule has 10 rings (SSSR count). The summed E-state index contributed by atoms with van der Waals surface area (Å²) in [4.78, 5) is 2.43. The highest BCUT2D eigenvalue weighted by molar-refractivity contribution is 6.11. The van der Waals surface area contributed by atoms with Gasteiger partial charge < -0.3 is 9.32 Å². The van der Waals surface area contributed by atoms with Crippen molar-refractivity contribution in [3.05, 3.63) is 206 Å². The second kappa shape index (κ2) is 13.8. The molecule has 1 heterocycles. The third kappa shape index (κ3) is 5.93. The molecule has 1 atom stereocenters. The van der Waals surface area contributed by atoms with E-state index in [0.717, 1.165) is 67.7 Å². The van der Waals surface area contributed by atoms with Crippen LogP contribution in [-0.2, 0) is 0 Å². The first-order chi connectivity index (χ1) is 27.2. The van der Waals surface area contributed by atoms with Crippen molar-refractivity contribution in [1.82, 2.24) is 0 Å². The highest BCUT2D eigenvalue weighted by Gasteiger charge is 2.23. The molecule has 0 bridgehead atoms. The minimum atomic E-state index is 0.528. The molecule has 1 aliphatic rings. The maximum atomic E-state index is 6.62. The Labute approximate surface area is 321 Å². The molecule has 0 saturated carbocycles. The SMILES string of the molecule is CC1C=CC=C(c2ccc(N(c3ccccc3-c3cccc(-c4cccc5ccccc45)c3)c3ccccc3-c3cccc4c3oc3ccccc34)cc2)C1. The number of nitrogens with zero attached hydrogens (tertiary/aromatic N) is 1. The summed E-state index contributed by atoms with van der Waals surface area (Å²) in [5.74, 6) is 0.528. The second-order valence-corrected chi connectivity index (χ2v) is 14.6. The molecule has 0 radical (unpaired) electrons. The number of furan rings is 1. The van der Waals surface area contributed by atoms with Crippen LogP contribution < -0.4 is 4.90 Å². The standard InChI is InChI=1S/C53H39NO/c1-36-14-10-17-39(34-36)37-30-32-42(33-31-37)54(51-28-8-5-22-46(51)48-25-13-26-49-47-23-6-9-29-52(47)55-53(48)49)50-27-7-4-21-45(50)41-19-11-18-40(35-41)44-24-12-16-38-15-2-3-20-43(38)44/h2-33,35-36H,34H2,1H3. The highest BCUT2D eigenvalue weighted by atomic mass is 16.3. The number of para-hydroxylation sites is 4. The Kier molecular flexibility index (Phi) is 8.22. The molecule has 262 valence electrons. The van der Waals surface area contributed by atoms with Crippen LogP contribution in [0, 0.1) is 5.92 Å². The molecule has 0 amide bonds. The van der Waals surface area contributed by atoms with Crippen molar-refractivity contribution >= 4 is 55.3 Å². The number of hydrogen-bond acceptors (Lipinski definition) is 2. The fourth-order valence-corrected chi connectivity index (χ4v) is 8.39. The van der Waals surface area contributed by atoms with Gasteiger partial charge in [-0.1, -0.05) is 171 Å². The molecular weight excluding hydrogens is 667 g/mol. The average Bonchev–Trinajstić information content (AvgIpc) is 3.63. The van der Waals surface area contributed by atoms with Gasteiger partial charge in [0.25, 0.3) is 0 Å². The van der Waals surface area contributed by atoms with Crippen LogP contribution in [-0.4, -0.2) is 0 Å². The molecule has 0 saturated heterocycles. The fourth-order valence-electron chi connectivity index (χ4n) is 8.39. The average molecular weight is 706 g/mol. The molecule has 2 heteroatoms. The summed E-state index contributed by atoms with van der Waals surface area (Å²) < 4.78 is 6.62. The Morgan fingerprint density at radius 3 is 1.93 bits per heavy atom. The Hall–Kier alpha value is -6.90. The van der Waals surface area contributed by atoms with E-state index in [1.54, 1.807) is 0 Å². The van der Waals surface area contributed by atoms with E-state index >= 15 is 0 Å². The summed E-state index contributed by atoms with van der Waals surface area (Å²) in [5, 5.41) is 4.74. The maximum Gasteiger partial charge on any atom is 0.143 e. The number of rotatable bonds is 7. The molecule has 2 nitrogen and oxygen atoms in total. The van der Waals surface area contributed by atoms with E-state index in [-0.39, 0.29) is 0 Å². The van der Waals surface area contributed by atoms with Crippen molar-refractivity contribution in [1.29, 1.82) is 0 Å². The summed E-state index contributed by atoms with van der Waals surface area (Å²) in [6.07, 6.45) is 7.78. The van der Waals surface area contributed by atoms with Crippen LogP contribution in [0.5, 0.6) is 0 Å². The Balaban J connectivity index is 1.17. The first-order valence-electron chi connectivity index (χ1n) is 19.1. The van der Waals surface area contributed by atoms with Crippen molar-refractivity contribution < 1.29 is 4.42 Å². The van der Waals surface area contributed by atoms with Gasteiger partial charge in [-0.25, -0.2) is 0 Å². The first kappa shape index (κ1) is 32.7. The lowest BCUT2D eigenvalue weighted by molar-refractivity contribution is 0.670. The van der Waals surface area contributed by atoms with Crippen LogP contribution in [0.3, 0.4) is 0 Å². The summed E-state index contributed by atoms with van der Waals surface area (Å²) in [6, 6.07) is 65.7. The van der Waals surface area contributed by atoms with Gasteiger partial charge >= 0.3 is 0 Å². The summed E-state index contributed by atoms with van der Waals surface area (Å²) in [7, 11) is 0. The van der Waals surface area contributed by atoms with Gasteiger partial charge in [0, 0.05) is 33.2 Å². The van der Waals surface area contributed by atoms with E-state index in [4.69, 9.17) is 4.42 Å². The van der Waals surface area contributed by atoms with Crippen molar-refractivity contribution in [2.45, 2.75) is 13.3 Å². The van der Waals surface area contributed by atoms with Gasteiger partial charge in [0.1, 0.15) is 11.2 Å². The molecule has 0 N–H and O–H groups in total. The third-order valence-corrected chi connectivity index (χ3v) is 11.0. The van der Waals surface area contributed by atoms with E-state index in [0.29, 0.717) is 5.92 Å². The predicted octanol–water partition coefficient (Wildman–Crippen LogP) is 15.2. The quantitative estimate of drug-likeness (QED) is 0.164.